The maximum Gasteiger partial charge on any atom is 0.313 e. The number of carbonyl (C=O) groups excluding carboxylic acids is 3. The molecule has 11 heteroatoms. The lowest BCUT2D eigenvalue weighted by molar-refractivity contribution is -0.161. The van der Waals surface area contributed by atoms with E-state index in [9.17, 15) is 19.5 Å². The van der Waals surface area contributed by atoms with E-state index >= 15 is 0 Å². The molecule has 1 N–H and O–H groups in total. The summed E-state index contributed by atoms with van der Waals surface area (Å²) in [4.78, 5) is 45.2. The number of hydrogen-bond acceptors (Lipinski definition) is 8. The molecule has 1 aromatic carbocycles. The summed E-state index contributed by atoms with van der Waals surface area (Å²) >= 11 is 0. The highest BCUT2D eigenvalue weighted by atomic mass is 16.6. The summed E-state index contributed by atoms with van der Waals surface area (Å²) in [6.07, 6.45) is 4.54. The molecule has 2 aromatic rings. The highest BCUT2D eigenvalue weighted by molar-refractivity contribution is 5.98. The number of rotatable bonds is 12. The predicted octanol–water partition coefficient (Wildman–Crippen LogP) is 1.92. The monoisotopic (exact) mass is 551 g/mol. The average Bonchev–Trinajstić information content (AvgIpc) is 3.61. The molecule has 2 bridgehead atoms. The molecule has 0 saturated carbocycles. The lowest BCUT2D eigenvalue weighted by Gasteiger charge is -2.37. The molecule has 3 aliphatic rings. The minimum absolute atomic E-state index is 0.0231. The molecule has 2 amide bonds. The van der Waals surface area contributed by atoms with E-state index in [1.807, 2.05) is 38.1 Å². The Labute approximate surface area is 233 Å². The molecule has 3 unspecified atom stereocenters. The van der Waals surface area contributed by atoms with Gasteiger partial charge in [-0.25, -0.2) is 4.68 Å². The fourth-order valence-electron chi connectivity index (χ4n) is 6.97. The Balaban J connectivity index is 1.54. The minimum atomic E-state index is -1.19. The number of amides is 2. The fourth-order valence-corrected chi connectivity index (χ4v) is 6.97. The van der Waals surface area contributed by atoms with Gasteiger partial charge in [0.05, 0.1) is 17.0 Å². The molecule has 40 heavy (non-hydrogen) atoms. The summed E-state index contributed by atoms with van der Waals surface area (Å²) in [6, 6.07) is 6.51. The Morgan fingerprint density at radius 2 is 2.05 bits per heavy atom. The number of likely N-dealkylation sites (tertiary alicyclic amines) is 1. The molecule has 3 aliphatic heterocycles. The molecular formula is C29H37N5O6. The third-order valence-corrected chi connectivity index (χ3v) is 8.84. The van der Waals surface area contributed by atoms with Gasteiger partial charge in [-0.05, 0) is 44.2 Å². The van der Waals surface area contributed by atoms with Gasteiger partial charge in [0.1, 0.15) is 36.4 Å². The molecule has 11 nitrogen and oxygen atoms in total. The number of ether oxygens (including phenoxy) is 2. The number of unbranched alkanes of at least 4 members (excludes halogenated alkanes) is 1. The van der Waals surface area contributed by atoms with Gasteiger partial charge in [0, 0.05) is 19.7 Å². The lowest BCUT2D eigenvalue weighted by atomic mass is 9.62. The number of esters is 1. The first-order valence-electron chi connectivity index (χ1n) is 13.8. The fraction of sp³-hybridized carbons (Fsp3) is 0.552. The molecule has 3 fully saturated rings. The van der Waals surface area contributed by atoms with Crippen LogP contribution < -0.4 is 0 Å². The smallest absolute Gasteiger partial charge is 0.313 e. The van der Waals surface area contributed by atoms with Crippen LogP contribution in [0.3, 0.4) is 0 Å². The number of aliphatic hydroxyl groups excluding tert-OH is 1. The zero-order chi connectivity index (χ0) is 28.7. The first-order chi connectivity index (χ1) is 19.2. The lowest BCUT2D eigenvalue weighted by Crippen LogP contribution is -2.56. The maximum atomic E-state index is 14.5. The Morgan fingerprint density at radius 3 is 2.77 bits per heavy atom. The van der Waals surface area contributed by atoms with E-state index in [1.54, 1.807) is 20.6 Å². The number of nitrogens with zero attached hydrogens (tertiary/aromatic N) is 5. The standard InChI is InChI=1S/C29H37N5O6/c1-5-13-32(18-34-21-12-8-7-11-20(21)30-31-34)26(37)24-29-17-19(3)28(4,40-29)23(27(38)39-16-6-2)22(29)25(36)33(24)14-9-10-15-35/h5-8,11-12,19,22-24,35H,1-2,9-10,13-18H2,3-4H3/t19?,22-,23-,24?,28+,29?/m0/s1. The van der Waals surface area contributed by atoms with Crippen LogP contribution in [0.1, 0.15) is 33.1 Å². The van der Waals surface area contributed by atoms with Gasteiger partial charge in [-0.15, -0.1) is 11.7 Å². The van der Waals surface area contributed by atoms with Crippen LogP contribution in [0.15, 0.2) is 49.6 Å². The van der Waals surface area contributed by atoms with Gasteiger partial charge in [-0.3, -0.25) is 14.4 Å². The van der Waals surface area contributed by atoms with Crippen LogP contribution in [0.4, 0.5) is 0 Å². The maximum absolute atomic E-state index is 14.5. The second-order valence-electron chi connectivity index (χ2n) is 11.2. The van der Waals surface area contributed by atoms with E-state index in [4.69, 9.17) is 9.47 Å². The van der Waals surface area contributed by atoms with Crippen molar-refractivity contribution in [2.45, 2.75) is 57.0 Å². The van der Waals surface area contributed by atoms with E-state index in [1.165, 1.54) is 6.08 Å². The molecule has 0 radical (unpaired) electrons. The summed E-state index contributed by atoms with van der Waals surface area (Å²) in [7, 11) is 0. The van der Waals surface area contributed by atoms with Crippen LogP contribution >= 0.6 is 0 Å². The number of benzene rings is 1. The second kappa shape index (κ2) is 10.8. The normalized spacial score (nSPS) is 30.5. The van der Waals surface area contributed by atoms with Gasteiger partial charge >= 0.3 is 5.97 Å². The number of para-hydroxylation sites is 1. The Kier molecular flexibility index (Phi) is 7.54. The van der Waals surface area contributed by atoms with Gasteiger partial charge in [0.25, 0.3) is 0 Å². The number of hydrogen-bond donors (Lipinski definition) is 1. The first kappa shape index (κ1) is 28.0. The van der Waals surface area contributed by atoms with Gasteiger partial charge in [-0.2, -0.15) is 0 Å². The van der Waals surface area contributed by atoms with Crippen LogP contribution in [0.2, 0.25) is 0 Å². The number of carbonyl (C=O) groups is 3. The molecule has 214 valence electrons. The topological polar surface area (TPSA) is 127 Å². The Hall–Kier alpha value is -3.57. The van der Waals surface area contributed by atoms with Crippen molar-refractivity contribution < 1.29 is 29.0 Å². The van der Waals surface area contributed by atoms with Gasteiger partial charge in [0.2, 0.25) is 11.8 Å². The van der Waals surface area contributed by atoms with Crippen LogP contribution in [0.25, 0.3) is 11.0 Å². The van der Waals surface area contributed by atoms with Crippen molar-refractivity contribution in [3.8, 4) is 0 Å². The number of aromatic nitrogens is 3. The third kappa shape index (κ3) is 4.23. The van der Waals surface area contributed by atoms with Crippen molar-refractivity contribution in [1.29, 1.82) is 0 Å². The summed E-state index contributed by atoms with van der Waals surface area (Å²) in [5.74, 6) is -2.93. The molecule has 1 spiro atoms. The van der Waals surface area contributed by atoms with E-state index < -0.39 is 35.0 Å². The van der Waals surface area contributed by atoms with Crippen molar-refractivity contribution >= 4 is 28.8 Å². The van der Waals surface area contributed by atoms with Crippen molar-refractivity contribution in [3.63, 3.8) is 0 Å². The zero-order valence-corrected chi connectivity index (χ0v) is 23.1. The predicted molar refractivity (Wildman–Crippen MR) is 145 cm³/mol. The molecular weight excluding hydrogens is 514 g/mol. The summed E-state index contributed by atoms with van der Waals surface area (Å²) in [5, 5.41) is 17.9. The van der Waals surface area contributed by atoms with Gasteiger partial charge in [0.15, 0.2) is 0 Å². The van der Waals surface area contributed by atoms with Crippen molar-refractivity contribution in [3.05, 3.63) is 49.6 Å². The van der Waals surface area contributed by atoms with Crippen molar-refractivity contribution in [2.24, 2.45) is 17.8 Å². The molecule has 4 heterocycles. The minimum Gasteiger partial charge on any atom is -0.461 e. The Bertz CT molecular complexity index is 1330. The summed E-state index contributed by atoms with van der Waals surface area (Å²) < 4.78 is 13.8. The van der Waals surface area contributed by atoms with Crippen molar-refractivity contribution in [1.82, 2.24) is 24.8 Å². The SMILES string of the molecule is C=CCOC(=O)[C@@H]1[C@H]2C(=O)N(CCCCO)C(C(=O)N(CC=C)Cn3nnc4ccccc43)C23CC(C)[C@@]1(C)O3. The quantitative estimate of drug-likeness (QED) is 0.241. The summed E-state index contributed by atoms with van der Waals surface area (Å²) in [5.41, 5.74) is -0.677. The third-order valence-electron chi connectivity index (χ3n) is 8.84. The number of fused-ring (bicyclic) bond motifs is 2. The van der Waals surface area contributed by atoms with Crippen LogP contribution in [0, 0.1) is 17.8 Å². The van der Waals surface area contributed by atoms with Gasteiger partial charge in [-0.1, -0.05) is 43.0 Å². The van der Waals surface area contributed by atoms with E-state index in [-0.39, 0.29) is 50.7 Å². The van der Waals surface area contributed by atoms with Gasteiger partial charge < -0.3 is 24.4 Å². The number of aliphatic hydroxyl groups is 1. The molecule has 5 rings (SSSR count). The molecule has 1 aromatic heterocycles. The molecule has 0 aliphatic carbocycles. The van der Waals surface area contributed by atoms with Crippen LogP contribution in [-0.4, -0.2) is 91.2 Å². The van der Waals surface area contributed by atoms with E-state index in [0.717, 1.165) is 5.52 Å². The highest BCUT2D eigenvalue weighted by Crippen LogP contribution is 2.65. The first-order valence-corrected chi connectivity index (χ1v) is 13.8. The zero-order valence-electron chi connectivity index (χ0n) is 23.1. The van der Waals surface area contributed by atoms with E-state index in [2.05, 4.69) is 23.5 Å². The largest absolute Gasteiger partial charge is 0.461 e. The molecule has 3 saturated heterocycles. The summed E-state index contributed by atoms with van der Waals surface area (Å²) in [6.45, 7) is 11.9. The molecule has 6 atom stereocenters. The Morgan fingerprint density at radius 1 is 1.27 bits per heavy atom. The van der Waals surface area contributed by atoms with Crippen LogP contribution in [0.5, 0.6) is 0 Å². The average molecular weight is 552 g/mol. The van der Waals surface area contributed by atoms with Crippen LogP contribution in [-0.2, 0) is 30.5 Å². The van der Waals surface area contributed by atoms with E-state index in [0.29, 0.717) is 24.8 Å². The van der Waals surface area contributed by atoms with Crippen molar-refractivity contribution in [2.75, 3.05) is 26.3 Å². The highest BCUT2D eigenvalue weighted by Gasteiger charge is 2.80. The second-order valence-corrected chi connectivity index (χ2v) is 11.2.